The van der Waals surface area contributed by atoms with Crippen LogP contribution in [-0.2, 0) is 0 Å². The Morgan fingerprint density at radius 2 is 0.395 bits per heavy atom. The summed E-state index contributed by atoms with van der Waals surface area (Å²) in [7, 11) is 0. The zero-order chi connectivity index (χ0) is 49.8. The van der Waals surface area contributed by atoms with Crippen molar-refractivity contribution in [2.45, 2.75) is 0 Å². The predicted molar refractivity (Wildman–Crippen MR) is 320 cm³/mol. The second-order valence-electron chi connectivity index (χ2n) is 20.1. The van der Waals surface area contributed by atoms with E-state index >= 15 is 0 Å². The maximum absolute atomic E-state index is 2.47. The van der Waals surface area contributed by atoms with Gasteiger partial charge in [-0.2, -0.15) is 0 Å². The molecule has 0 saturated heterocycles. The standard InChI is InChI=1S/C72H46N4/c1-5-17-47(18-6-1)49-29-35-67-59(41-49)61-43-51(31-37-69(61)75(67)55-33-39-71-63(45-55)57-25-13-15-27-65(57)73(71)53-21-9-3-10-22-53)52-32-38-70-62(44-52)60-42-50(48-19-7-2-8-20-48)30-36-68(60)76(70)56-34-40-72-64(46-56)58-26-14-16-28-66(58)74(72)54-23-11-4-12-24-54/h1-46H. The summed E-state index contributed by atoms with van der Waals surface area (Å²) in [6.07, 6.45) is 0. The van der Waals surface area contributed by atoms with Crippen LogP contribution in [0.25, 0.3) is 143 Å². The molecule has 4 nitrogen and oxygen atoms in total. The Morgan fingerprint density at radius 1 is 0.145 bits per heavy atom. The van der Waals surface area contributed by atoms with Crippen molar-refractivity contribution in [2.24, 2.45) is 0 Å². The van der Waals surface area contributed by atoms with Gasteiger partial charge in [0.05, 0.1) is 44.1 Å². The van der Waals surface area contributed by atoms with Gasteiger partial charge in [0.2, 0.25) is 0 Å². The molecule has 12 aromatic carbocycles. The Bertz CT molecular complexity index is 4640. The summed E-state index contributed by atoms with van der Waals surface area (Å²) in [4.78, 5) is 0. The van der Waals surface area contributed by atoms with E-state index in [1.54, 1.807) is 0 Å². The Hall–Kier alpha value is -10.2. The molecule has 76 heavy (non-hydrogen) atoms. The highest BCUT2D eigenvalue weighted by atomic mass is 15.0. The van der Waals surface area contributed by atoms with Crippen LogP contribution in [-0.4, -0.2) is 18.3 Å². The molecule has 0 N–H and O–H groups in total. The molecule has 16 aromatic rings. The second kappa shape index (κ2) is 16.7. The normalized spacial score (nSPS) is 11.9. The van der Waals surface area contributed by atoms with Crippen LogP contribution in [0.5, 0.6) is 0 Å². The molecule has 0 radical (unpaired) electrons. The lowest BCUT2D eigenvalue weighted by molar-refractivity contribution is 1.16. The number of rotatable bonds is 7. The van der Waals surface area contributed by atoms with E-state index in [9.17, 15) is 0 Å². The zero-order valence-electron chi connectivity index (χ0n) is 41.3. The van der Waals surface area contributed by atoms with Crippen molar-refractivity contribution in [3.63, 3.8) is 0 Å². The summed E-state index contributed by atoms with van der Waals surface area (Å²) in [5.74, 6) is 0. The molecule has 0 unspecified atom stereocenters. The second-order valence-corrected chi connectivity index (χ2v) is 20.1. The molecule has 0 fully saturated rings. The van der Waals surface area contributed by atoms with Gasteiger partial charge in [0, 0.05) is 65.8 Å². The van der Waals surface area contributed by atoms with E-state index < -0.39 is 0 Å². The molecule has 16 rings (SSSR count). The van der Waals surface area contributed by atoms with E-state index in [0.29, 0.717) is 0 Å². The molecule has 4 heteroatoms. The van der Waals surface area contributed by atoms with Gasteiger partial charge in [-0.1, -0.05) is 158 Å². The Balaban J connectivity index is 0.898. The first kappa shape index (κ1) is 42.4. The Morgan fingerprint density at radius 3 is 0.750 bits per heavy atom. The van der Waals surface area contributed by atoms with Gasteiger partial charge in [-0.3, -0.25) is 0 Å². The molecular formula is C72H46N4. The first-order valence-corrected chi connectivity index (χ1v) is 26.2. The van der Waals surface area contributed by atoms with Gasteiger partial charge in [0.1, 0.15) is 0 Å². The lowest BCUT2D eigenvalue weighted by Gasteiger charge is -2.11. The van der Waals surface area contributed by atoms with Crippen molar-refractivity contribution in [1.29, 1.82) is 0 Å². The molecule has 4 aromatic heterocycles. The minimum Gasteiger partial charge on any atom is -0.309 e. The van der Waals surface area contributed by atoms with Gasteiger partial charge in [0.15, 0.2) is 0 Å². The number of hydrogen-bond acceptors (Lipinski definition) is 0. The summed E-state index contributed by atoms with van der Waals surface area (Å²) in [5.41, 5.74) is 21.2. The monoisotopic (exact) mass is 966 g/mol. The van der Waals surface area contributed by atoms with Crippen LogP contribution in [0.15, 0.2) is 279 Å². The van der Waals surface area contributed by atoms with Crippen LogP contribution in [0.3, 0.4) is 0 Å². The molecule has 0 atom stereocenters. The van der Waals surface area contributed by atoms with Crippen molar-refractivity contribution in [1.82, 2.24) is 18.3 Å². The average molecular weight is 967 g/mol. The van der Waals surface area contributed by atoms with Crippen LogP contribution in [0, 0.1) is 0 Å². The fraction of sp³-hybridized carbons (Fsp3) is 0. The molecule has 0 aliphatic carbocycles. The molecule has 0 amide bonds. The lowest BCUT2D eigenvalue weighted by Crippen LogP contribution is -1.96. The molecule has 0 aliphatic rings. The van der Waals surface area contributed by atoms with Crippen LogP contribution >= 0.6 is 0 Å². The SMILES string of the molecule is c1ccc(-c2ccc3c(c2)c2cc(-c4ccc5c(c4)c4cc(-c6ccccc6)ccc4n5-c4ccc5c(c4)c4ccccc4n5-c4ccccc4)ccc2n3-c2ccc3c(c2)c2ccccc2n3-c2ccccc2)cc1. The first-order chi connectivity index (χ1) is 37.7. The molecule has 354 valence electrons. The zero-order valence-corrected chi connectivity index (χ0v) is 41.3. The van der Waals surface area contributed by atoms with E-state index in [1.807, 2.05) is 0 Å². The maximum Gasteiger partial charge on any atom is 0.0542 e. The van der Waals surface area contributed by atoms with Crippen molar-refractivity contribution in [2.75, 3.05) is 0 Å². The number of benzene rings is 12. The number of aromatic nitrogens is 4. The van der Waals surface area contributed by atoms with Crippen molar-refractivity contribution >= 4 is 87.2 Å². The Kier molecular flexibility index (Phi) is 9.30. The molecule has 0 spiro atoms. The summed E-state index contributed by atoms with van der Waals surface area (Å²) >= 11 is 0. The molecule has 0 bridgehead atoms. The summed E-state index contributed by atoms with van der Waals surface area (Å²) in [6, 6.07) is 103. The van der Waals surface area contributed by atoms with Crippen molar-refractivity contribution in [3.05, 3.63) is 279 Å². The molecule has 0 saturated carbocycles. The van der Waals surface area contributed by atoms with E-state index in [2.05, 4.69) is 297 Å². The van der Waals surface area contributed by atoms with E-state index in [1.165, 1.54) is 121 Å². The quantitative estimate of drug-likeness (QED) is 0.152. The minimum absolute atomic E-state index is 1.13. The molecular weight excluding hydrogens is 921 g/mol. The van der Waals surface area contributed by atoms with Crippen LogP contribution in [0.4, 0.5) is 0 Å². The van der Waals surface area contributed by atoms with Gasteiger partial charge in [-0.15, -0.1) is 0 Å². The summed E-state index contributed by atoms with van der Waals surface area (Å²) in [6.45, 7) is 0. The van der Waals surface area contributed by atoms with Crippen molar-refractivity contribution < 1.29 is 0 Å². The number of fused-ring (bicyclic) bond motifs is 12. The van der Waals surface area contributed by atoms with E-state index in [-0.39, 0.29) is 0 Å². The van der Waals surface area contributed by atoms with Gasteiger partial charge >= 0.3 is 0 Å². The van der Waals surface area contributed by atoms with Gasteiger partial charge in [0.25, 0.3) is 0 Å². The third-order valence-electron chi connectivity index (χ3n) is 15.9. The van der Waals surface area contributed by atoms with Gasteiger partial charge in [-0.25, -0.2) is 0 Å². The van der Waals surface area contributed by atoms with Crippen LogP contribution < -0.4 is 0 Å². The summed E-state index contributed by atoms with van der Waals surface area (Å²) < 4.78 is 9.71. The minimum atomic E-state index is 1.13. The highest BCUT2D eigenvalue weighted by molar-refractivity contribution is 6.16. The fourth-order valence-electron chi connectivity index (χ4n) is 12.5. The van der Waals surface area contributed by atoms with Gasteiger partial charge < -0.3 is 18.3 Å². The first-order valence-electron chi connectivity index (χ1n) is 26.2. The number of para-hydroxylation sites is 4. The maximum atomic E-state index is 2.47. The fourth-order valence-corrected chi connectivity index (χ4v) is 12.5. The third-order valence-corrected chi connectivity index (χ3v) is 15.9. The van der Waals surface area contributed by atoms with Crippen LogP contribution in [0.1, 0.15) is 0 Å². The van der Waals surface area contributed by atoms with Gasteiger partial charge in [-0.05, 0) is 155 Å². The smallest absolute Gasteiger partial charge is 0.0542 e. The lowest BCUT2D eigenvalue weighted by atomic mass is 9.98. The highest BCUT2D eigenvalue weighted by Gasteiger charge is 2.21. The average Bonchev–Trinajstić information content (AvgIpc) is 4.39. The van der Waals surface area contributed by atoms with E-state index in [4.69, 9.17) is 0 Å². The van der Waals surface area contributed by atoms with E-state index in [0.717, 1.165) is 22.7 Å². The largest absolute Gasteiger partial charge is 0.309 e. The molecule has 0 aliphatic heterocycles. The number of hydrogen-bond donors (Lipinski definition) is 0. The van der Waals surface area contributed by atoms with Crippen molar-refractivity contribution in [3.8, 4) is 56.1 Å². The highest BCUT2D eigenvalue weighted by Crippen LogP contribution is 2.43. The van der Waals surface area contributed by atoms with Crippen LogP contribution in [0.2, 0.25) is 0 Å². The molecule has 4 heterocycles. The topological polar surface area (TPSA) is 19.7 Å². The Labute approximate surface area is 438 Å². The third kappa shape index (κ3) is 6.44. The predicted octanol–water partition coefficient (Wildman–Crippen LogP) is 19.1. The number of nitrogens with zero attached hydrogens (tertiary/aromatic N) is 4. The summed E-state index contributed by atoms with van der Waals surface area (Å²) in [5, 5.41) is 9.81.